The standard InChI is InChI=1S/C9H19NO2S/c1-2-8-5-3-4-6-9(8)7-13(10,11)12/h8-9H,2-7H2,1H3,(H2,10,11,12). The number of hydrogen-bond donors (Lipinski definition) is 1. The van der Waals surface area contributed by atoms with Crippen LogP contribution in [-0.2, 0) is 10.0 Å². The number of nitrogens with two attached hydrogens (primary N) is 1. The van der Waals surface area contributed by atoms with Crippen molar-refractivity contribution in [3.8, 4) is 0 Å². The Morgan fingerprint density at radius 1 is 1.23 bits per heavy atom. The molecule has 0 aromatic rings. The highest BCUT2D eigenvalue weighted by atomic mass is 32.2. The Kier molecular flexibility index (Phi) is 3.74. The van der Waals surface area contributed by atoms with Gasteiger partial charge in [0.05, 0.1) is 5.75 Å². The van der Waals surface area contributed by atoms with Gasteiger partial charge in [0.1, 0.15) is 0 Å². The van der Waals surface area contributed by atoms with Crippen molar-refractivity contribution in [1.29, 1.82) is 0 Å². The average molecular weight is 205 g/mol. The summed E-state index contributed by atoms with van der Waals surface area (Å²) in [5, 5.41) is 5.06. The Balaban J connectivity index is 2.55. The van der Waals surface area contributed by atoms with E-state index in [0.29, 0.717) is 11.8 Å². The highest BCUT2D eigenvalue weighted by Crippen LogP contribution is 2.32. The molecule has 0 saturated heterocycles. The third kappa shape index (κ3) is 3.65. The SMILES string of the molecule is CCC1CCCCC1CS(N)(=O)=O. The van der Waals surface area contributed by atoms with Gasteiger partial charge in [-0.2, -0.15) is 0 Å². The molecule has 0 amide bonds. The van der Waals surface area contributed by atoms with Gasteiger partial charge >= 0.3 is 0 Å². The molecule has 0 aromatic heterocycles. The fourth-order valence-corrected chi connectivity index (χ4v) is 3.38. The van der Waals surface area contributed by atoms with Crippen molar-refractivity contribution in [3.63, 3.8) is 0 Å². The molecule has 1 aliphatic carbocycles. The Morgan fingerprint density at radius 2 is 1.77 bits per heavy atom. The van der Waals surface area contributed by atoms with Crippen molar-refractivity contribution in [1.82, 2.24) is 0 Å². The first-order valence-corrected chi connectivity index (χ1v) is 6.75. The van der Waals surface area contributed by atoms with Gasteiger partial charge in [0, 0.05) is 0 Å². The molecule has 0 bridgehead atoms. The van der Waals surface area contributed by atoms with Crippen molar-refractivity contribution < 1.29 is 8.42 Å². The van der Waals surface area contributed by atoms with Crippen LogP contribution in [0.2, 0.25) is 0 Å². The molecule has 3 nitrogen and oxygen atoms in total. The lowest BCUT2D eigenvalue weighted by Gasteiger charge is -2.29. The van der Waals surface area contributed by atoms with Gasteiger partial charge in [-0.15, -0.1) is 0 Å². The van der Waals surface area contributed by atoms with Crippen molar-refractivity contribution in [2.24, 2.45) is 17.0 Å². The predicted molar refractivity (Wildman–Crippen MR) is 53.7 cm³/mol. The van der Waals surface area contributed by atoms with E-state index >= 15 is 0 Å². The summed E-state index contributed by atoms with van der Waals surface area (Å²) in [5.74, 6) is 1.08. The van der Waals surface area contributed by atoms with Crippen molar-refractivity contribution in [2.45, 2.75) is 39.0 Å². The second-order valence-corrected chi connectivity index (χ2v) is 5.70. The summed E-state index contributed by atoms with van der Waals surface area (Å²) in [7, 11) is -3.27. The van der Waals surface area contributed by atoms with Gasteiger partial charge in [0.15, 0.2) is 0 Å². The van der Waals surface area contributed by atoms with Gasteiger partial charge < -0.3 is 0 Å². The molecule has 1 saturated carbocycles. The monoisotopic (exact) mass is 205 g/mol. The maximum atomic E-state index is 10.9. The van der Waals surface area contributed by atoms with E-state index in [1.54, 1.807) is 0 Å². The van der Waals surface area contributed by atoms with Crippen LogP contribution >= 0.6 is 0 Å². The van der Waals surface area contributed by atoms with E-state index in [0.717, 1.165) is 19.3 Å². The van der Waals surface area contributed by atoms with Crippen molar-refractivity contribution in [2.75, 3.05) is 5.75 Å². The lowest BCUT2D eigenvalue weighted by atomic mass is 9.79. The van der Waals surface area contributed by atoms with Gasteiger partial charge in [-0.25, -0.2) is 13.6 Å². The maximum Gasteiger partial charge on any atom is 0.209 e. The lowest BCUT2D eigenvalue weighted by molar-refractivity contribution is 0.251. The Labute approximate surface area is 80.8 Å². The first-order chi connectivity index (χ1) is 6.03. The van der Waals surface area contributed by atoms with Crippen LogP contribution < -0.4 is 5.14 Å². The Morgan fingerprint density at radius 3 is 2.23 bits per heavy atom. The molecule has 2 atom stereocenters. The predicted octanol–water partition coefficient (Wildman–Crippen LogP) is 1.49. The number of primary sulfonamides is 1. The van der Waals surface area contributed by atoms with E-state index in [4.69, 9.17) is 5.14 Å². The molecule has 1 fully saturated rings. The fraction of sp³-hybridized carbons (Fsp3) is 1.00. The summed E-state index contributed by atoms with van der Waals surface area (Å²) >= 11 is 0. The minimum atomic E-state index is -3.27. The van der Waals surface area contributed by atoms with E-state index in [1.807, 2.05) is 0 Å². The van der Waals surface area contributed by atoms with Gasteiger partial charge in [-0.3, -0.25) is 0 Å². The molecule has 13 heavy (non-hydrogen) atoms. The van der Waals surface area contributed by atoms with E-state index in [2.05, 4.69) is 6.92 Å². The zero-order valence-electron chi connectivity index (χ0n) is 8.20. The van der Waals surface area contributed by atoms with Crippen LogP contribution in [0.4, 0.5) is 0 Å². The van der Waals surface area contributed by atoms with Gasteiger partial charge in [0.25, 0.3) is 0 Å². The summed E-state index contributed by atoms with van der Waals surface area (Å²) in [5.41, 5.74) is 0. The number of hydrogen-bond acceptors (Lipinski definition) is 2. The van der Waals surface area contributed by atoms with Crippen LogP contribution in [0.3, 0.4) is 0 Å². The van der Waals surface area contributed by atoms with Crippen LogP contribution in [0.15, 0.2) is 0 Å². The molecule has 2 unspecified atom stereocenters. The van der Waals surface area contributed by atoms with Crippen LogP contribution in [0.25, 0.3) is 0 Å². The molecule has 0 aliphatic heterocycles. The fourth-order valence-electron chi connectivity index (χ4n) is 2.34. The second-order valence-electron chi connectivity index (χ2n) is 4.04. The van der Waals surface area contributed by atoms with Gasteiger partial charge in [0.2, 0.25) is 10.0 Å². The zero-order valence-corrected chi connectivity index (χ0v) is 9.02. The van der Waals surface area contributed by atoms with Gasteiger partial charge in [-0.1, -0.05) is 32.6 Å². The van der Waals surface area contributed by atoms with Crippen LogP contribution in [-0.4, -0.2) is 14.2 Å². The quantitative estimate of drug-likeness (QED) is 0.759. The minimum Gasteiger partial charge on any atom is -0.229 e. The largest absolute Gasteiger partial charge is 0.229 e. The van der Waals surface area contributed by atoms with E-state index < -0.39 is 10.0 Å². The molecule has 0 spiro atoms. The summed E-state index contributed by atoms with van der Waals surface area (Å²) in [6.07, 6.45) is 5.71. The highest BCUT2D eigenvalue weighted by Gasteiger charge is 2.26. The molecule has 78 valence electrons. The normalized spacial score (nSPS) is 30.3. The summed E-state index contributed by atoms with van der Waals surface area (Å²) in [4.78, 5) is 0. The number of rotatable bonds is 3. The first kappa shape index (κ1) is 11.0. The summed E-state index contributed by atoms with van der Waals surface area (Å²) in [6, 6.07) is 0. The van der Waals surface area contributed by atoms with E-state index in [1.165, 1.54) is 12.8 Å². The molecular weight excluding hydrogens is 186 g/mol. The van der Waals surface area contributed by atoms with Crippen LogP contribution in [0.5, 0.6) is 0 Å². The molecule has 0 radical (unpaired) electrons. The summed E-state index contributed by atoms with van der Waals surface area (Å²) < 4.78 is 21.9. The second kappa shape index (κ2) is 4.42. The first-order valence-electron chi connectivity index (χ1n) is 5.03. The Bertz CT molecular complexity index is 248. The highest BCUT2D eigenvalue weighted by molar-refractivity contribution is 7.89. The average Bonchev–Trinajstić information content (AvgIpc) is 2.02. The minimum absolute atomic E-state index is 0.186. The Hall–Kier alpha value is -0.0900. The van der Waals surface area contributed by atoms with Crippen LogP contribution in [0.1, 0.15) is 39.0 Å². The third-order valence-corrected chi connectivity index (χ3v) is 3.93. The maximum absolute atomic E-state index is 10.9. The summed E-state index contributed by atoms with van der Waals surface area (Å²) in [6.45, 7) is 2.13. The molecule has 1 rings (SSSR count). The van der Waals surface area contributed by atoms with Crippen molar-refractivity contribution in [3.05, 3.63) is 0 Å². The lowest BCUT2D eigenvalue weighted by Crippen LogP contribution is -2.29. The molecule has 0 aromatic carbocycles. The molecular formula is C9H19NO2S. The topological polar surface area (TPSA) is 60.2 Å². The molecule has 4 heteroatoms. The van der Waals surface area contributed by atoms with E-state index in [9.17, 15) is 8.42 Å². The third-order valence-electron chi connectivity index (χ3n) is 3.04. The molecule has 2 N–H and O–H groups in total. The molecule has 0 heterocycles. The van der Waals surface area contributed by atoms with Crippen LogP contribution in [0, 0.1) is 11.8 Å². The van der Waals surface area contributed by atoms with Crippen molar-refractivity contribution >= 4 is 10.0 Å². The van der Waals surface area contributed by atoms with Gasteiger partial charge in [-0.05, 0) is 18.3 Å². The smallest absolute Gasteiger partial charge is 0.209 e. The number of sulfonamides is 1. The zero-order chi connectivity index (χ0) is 9.90. The molecule has 1 aliphatic rings. The van der Waals surface area contributed by atoms with E-state index in [-0.39, 0.29) is 5.75 Å².